The van der Waals surface area contributed by atoms with E-state index in [9.17, 15) is 0 Å². The summed E-state index contributed by atoms with van der Waals surface area (Å²) in [6.07, 6.45) is 4.11. The lowest BCUT2D eigenvalue weighted by atomic mass is 10.1. The second kappa shape index (κ2) is 5.85. The molecule has 0 atom stereocenters. The van der Waals surface area contributed by atoms with E-state index in [0.29, 0.717) is 6.04 Å². The molecule has 1 aromatic heterocycles. The Hall–Kier alpha value is -0.900. The van der Waals surface area contributed by atoms with Gasteiger partial charge in [0.05, 0.1) is 18.3 Å². The zero-order valence-corrected chi connectivity index (χ0v) is 9.90. The van der Waals surface area contributed by atoms with Gasteiger partial charge in [-0.2, -0.15) is 0 Å². The van der Waals surface area contributed by atoms with Crippen molar-refractivity contribution in [1.29, 1.82) is 0 Å². The van der Waals surface area contributed by atoms with E-state index >= 15 is 0 Å². The van der Waals surface area contributed by atoms with Gasteiger partial charge in [0.1, 0.15) is 5.69 Å². The van der Waals surface area contributed by atoms with Crippen molar-refractivity contribution in [2.24, 2.45) is 0 Å². The van der Waals surface area contributed by atoms with Crippen molar-refractivity contribution in [3.05, 3.63) is 11.4 Å². The Kier molecular flexibility index (Phi) is 4.75. The molecule has 1 aromatic rings. The molecule has 0 amide bonds. The quantitative estimate of drug-likeness (QED) is 0.783. The first-order valence-electron chi connectivity index (χ1n) is 5.82. The van der Waals surface area contributed by atoms with Crippen molar-refractivity contribution < 1.29 is 5.11 Å². The molecule has 4 heteroatoms. The lowest BCUT2D eigenvalue weighted by Crippen LogP contribution is -2.13. The summed E-state index contributed by atoms with van der Waals surface area (Å²) in [5, 5.41) is 17.4. The van der Waals surface area contributed by atoms with Crippen LogP contribution in [0, 0.1) is 0 Å². The summed E-state index contributed by atoms with van der Waals surface area (Å²) in [6.45, 7) is 6.44. The minimum Gasteiger partial charge on any atom is -0.390 e. The largest absolute Gasteiger partial charge is 0.390 e. The first-order valence-corrected chi connectivity index (χ1v) is 5.82. The molecule has 1 rings (SSSR count). The number of aromatic nitrogens is 3. The molecule has 1 N–H and O–H groups in total. The zero-order chi connectivity index (χ0) is 11.3. The molecule has 0 spiro atoms. The van der Waals surface area contributed by atoms with Gasteiger partial charge in [-0.25, -0.2) is 4.68 Å². The molecule has 0 radical (unpaired) electrons. The predicted octanol–water partition coefficient (Wildman–Crippen LogP) is 2.08. The highest BCUT2D eigenvalue weighted by molar-refractivity contribution is 5.10. The van der Waals surface area contributed by atoms with Crippen molar-refractivity contribution in [1.82, 2.24) is 15.0 Å². The Labute approximate surface area is 91.3 Å². The monoisotopic (exact) mass is 211 g/mol. The van der Waals surface area contributed by atoms with Crippen LogP contribution in [0.25, 0.3) is 0 Å². The molecule has 0 fully saturated rings. The van der Waals surface area contributed by atoms with E-state index in [-0.39, 0.29) is 6.61 Å². The first kappa shape index (κ1) is 12.2. The maximum absolute atomic E-state index is 9.17. The standard InChI is InChI=1S/C11H21N3O/c1-4-7-11-10(8-15)12-13-14(11)9(5-2)6-3/h9,15H,4-8H2,1-3H3. The van der Waals surface area contributed by atoms with Gasteiger partial charge in [0.25, 0.3) is 0 Å². The summed E-state index contributed by atoms with van der Waals surface area (Å²) >= 11 is 0. The van der Waals surface area contributed by atoms with Crippen molar-refractivity contribution in [2.45, 2.75) is 59.1 Å². The summed E-state index contributed by atoms with van der Waals surface area (Å²) in [7, 11) is 0. The van der Waals surface area contributed by atoms with E-state index in [4.69, 9.17) is 5.11 Å². The van der Waals surface area contributed by atoms with Crippen LogP contribution in [0.5, 0.6) is 0 Å². The Bertz CT molecular complexity index is 292. The van der Waals surface area contributed by atoms with Crippen LogP contribution in [0.4, 0.5) is 0 Å². The molecular formula is C11H21N3O. The molecule has 1 heterocycles. The second-order valence-corrected chi connectivity index (χ2v) is 3.81. The number of rotatable bonds is 6. The van der Waals surface area contributed by atoms with Crippen LogP contribution in [-0.2, 0) is 13.0 Å². The fraction of sp³-hybridized carbons (Fsp3) is 0.818. The fourth-order valence-electron chi connectivity index (χ4n) is 1.89. The van der Waals surface area contributed by atoms with Gasteiger partial charge in [0.2, 0.25) is 0 Å². The van der Waals surface area contributed by atoms with E-state index in [1.54, 1.807) is 0 Å². The summed E-state index contributed by atoms with van der Waals surface area (Å²) < 4.78 is 2.00. The zero-order valence-electron chi connectivity index (χ0n) is 9.90. The Morgan fingerprint density at radius 2 is 1.93 bits per heavy atom. The number of hydrogen-bond donors (Lipinski definition) is 1. The molecular weight excluding hydrogens is 190 g/mol. The highest BCUT2D eigenvalue weighted by atomic mass is 16.3. The smallest absolute Gasteiger partial charge is 0.111 e. The number of aliphatic hydroxyl groups is 1. The second-order valence-electron chi connectivity index (χ2n) is 3.81. The topological polar surface area (TPSA) is 50.9 Å². The molecule has 0 aliphatic rings. The van der Waals surface area contributed by atoms with Crippen molar-refractivity contribution in [3.63, 3.8) is 0 Å². The van der Waals surface area contributed by atoms with Crippen molar-refractivity contribution >= 4 is 0 Å². The van der Waals surface area contributed by atoms with Crippen LogP contribution in [0.2, 0.25) is 0 Å². The normalized spacial score (nSPS) is 11.3. The van der Waals surface area contributed by atoms with E-state index in [1.807, 2.05) is 4.68 Å². The highest BCUT2D eigenvalue weighted by Gasteiger charge is 2.16. The average Bonchev–Trinajstić information content (AvgIpc) is 2.64. The number of nitrogens with zero attached hydrogens (tertiary/aromatic N) is 3. The molecule has 86 valence electrons. The SMILES string of the molecule is CCCc1c(CO)nnn1C(CC)CC. The minimum absolute atomic E-state index is 0.00448. The highest BCUT2D eigenvalue weighted by Crippen LogP contribution is 2.19. The molecule has 0 unspecified atom stereocenters. The van der Waals surface area contributed by atoms with Crippen LogP contribution in [-0.4, -0.2) is 20.1 Å². The van der Waals surface area contributed by atoms with E-state index < -0.39 is 0 Å². The average molecular weight is 211 g/mol. The Morgan fingerprint density at radius 3 is 2.40 bits per heavy atom. The van der Waals surface area contributed by atoms with Crippen LogP contribution >= 0.6 is 0 Å². The summed E-state index contributed by atoms with van der Waals surface area (Å²) in [5.74, 6) is 0. The number of hydrogen-bond acceptors (Lipinski definition) is 3. The predicted molar refractivity (Wildman–Crippen MR) is 59.6 cm³/mol. The lowest BCUT2D eigenvalue weighted by molar-refractivity contribution is 0.275. The van der Waals surface area contributed by atoms with Crippen LogP contribution in [0.3, 0.4) is 0 Å². The molecule has 0 bridgehead atoms. The Morgan fingerprint density at radius 1 is 1.27 bits per heavy atom. The summed E-state index contributed by atoms with van der Waals surface area (Å²) in [5.41, 5.74) is 1.84. The van der Waals surface area contributed by atoms with Gasteiger partial charge in [-0.1, -0.05) is 32.4 Å². The summed E-state index contributed by atoms with van der Waals surface area (Å²) in [6, 6.07) is 0.416. The third-order valence-electron chi connectivity index (χ3n) is 2.80. The van der Waals surface area contributed by atoms with Gasteiger partial charge in [-0.05, 0) is 19.3 Å². The minimum atomic E-state index is -0.00448. The molecule has 0 saturated heterocycles. The first-order chi connectivity index (χ1) is 7.28. The van der Waals surface area contributed by atoms with Crippen LogP contribution < -0.4 is 0 Å². The van der Waals surface area contributed by atoms with Crippen molar-refractivity contribution in [2.75, 3.05) is 0 Å². The van der Waals surface area contributed by atoms with Gasteiger partial charge in [0.15, 0.2) is 0 Å². The molecule has 0 aliphatic carbocycles. The maximum Gasteiger partial charge on any atom is 0.111 e. The molecule has 0 saturated carbocycles. The van der Waals surface area contributed by atoms with Crippen LogP contribution in [0.1, 0.15) is 57.5 Å². The fourth-order valence-corrected chi connectivity index (χ4v) is 1.89. The number of aliphatic hydroxyl groups excluding tert-OH is 1. The van der Waals surface area contributed by atoms with Gasteiger partial charge in [-0.15, -0.1) is 5.10 Å². The van der Waals surface area contributed by atoms with Gasteiger partial charge in [-0.3, -0.25) is 0 Å². The van der Waals surface area contributed by atoms with Gasteiger partial charge >= 0.3 is 0 Å². The Balaban J connectivity index is 2.99. The van der Waals surface area contributed by atoms with E-state index in [2.05, 4.69) is 31.1 Å². The molecule has 15 heavy (non-hydrogen) atoms. The maximum atomic E-state index is 9.17. The third kappa shape index (κ3) is 2.56. The summed E-state index contributed by atoms with van der Waals surface area (Å²) in [4.78, 5) is 0. The molecule has 0 aromatic carbocycles. The molecule has 4 nitrogen and oxygen atoms in total. The molecule has 0 aliphatic heterocycles. The van der Waals surface area contributed by atoms with E-state index in [0.717, 1.165) is 37.1 Å². The van der Waals surface area contributed by atoms with Crippen LogP contribution in [0.15, 0.2) is 0 Å². The lowest BCUT2D eigenvalue weighted by Gasteiger charge is -2.15. The van der Waals surface area contributed by atoms with Gasteiger partial charge < -0.3 is 5.11 Å². The van der Waals surface area contributed by atoms with E-state index in [1.165, 1.54) is 0 Å². The van der Waals surface area contributed by atoms with Crippen molar-refractivity contribution in [3.8, 4) is 0 Å². The third-order valence-corrected chi connectivity index (χ3v) is 2.80. The van der Waals surface area contributed by atoms with Gasteiger partial charge in [0, 0.05) is 0 Å².